The summed E-state index contributed by atoms with van der Waals surface area (Å²) in [6.07, 6.45) is 3.75. The number of rotatable bonds is 4. The molecule has 1 amide bonds. The van der Waals surface area contributed by atoms with Gasteiger partial charge < -0.3 is 10.4 Å². The predicted octanol–water partition coefficient (Wildman–Crippen LogP) is 2.82. The zero-order valence-corrected chi connectivity index (χ0v) is 14.0. The van der Waals surface area contributed by atoms with Gasteiger partial charge in [-0.3, -0.25) is 9.59 Å². The molecule has 0 spiro atoms. The Labute approximate surface area is 144 Å². The van der Waals surface area contributed by atoms with Crippen LogP contribution < -0.4 is 5.32 Å². The minimum atomic E-state index is -0.855. The molecule has 2 aromatic rings. The van der Waals surface area contributed by atoms with E-state index < -0.39 is 11.9 Å². The summed E-state index contributed by atoms with van der Waals surface area (Å²) in [5.41, 5.74) is 1.83. The lowest BCUT2D eigenvalue weighted by molar-refractivity contribution is -0.142. The van der Waals surface area contributed by atoms with Crippen molar-refractivity contribution in [3.05, 3.63) is 46.7 Å². The molecule has 0 aliphatic heterocycles. The van der Waals surface area contributed by atoms with Gasteiger partial charge in [-0.05, 0) is 44.0 Å². The zero-order chi connectivity index (χ0) is 17.3. The first-order chi connectivity index (χ1) is 11.5. The minimum Gasteiger partial charge on any atom is -0.481 e. The Morgan fingerprint density at radius 2 is 2.00 bits per heavy atom. The second-order valence-electron chi connectivity index (χ2n) is 6.00. The Kier molecular flexibility index (Phi) is 4.57. The van der Waals surface area contributed by atoms with Crippen LogP contribution in [0.25, 0.3) is 5.69 Å². The van der Waals surface area contributed by atoms with Gasteiger partial charge in [0.2, 0.25) is 0 Å². The highest BCUT2D eigenvalue weighted by Gasteiger charge is 2.34. The number of benzene rings is 1. The van der Waals surface area contributed by atoms with Gasteiger partial charge in [-0.25, -0.2) is 4.68 Å². The zero-order valence-electron chi connectivity index (χ0n) is 13.2. The second kappa shape index (κ2) is 6.65. The minimum absolute atomic E-state index is 0.286. The first-order valence-electron chi connectivity index (χ1n) is 7.81. The number of aryl methyl sites for hydroxylation is 1. The van der Waals surface area contributed by atoms with Crippen LogP contribution >= 0.6 is 11.6 Å². The number of aliphatic carboxylic acids is 1. The monoisotopic (exact) mass is 347 g/mol. The lowest BCUT2D eigenvalue weighted by Gasteiger charge is -2.17. The summed E-state index contributed by atoms with van der Waals surface area (Å²) >= 11 is 5.88. The van der Waals surface area contributed by atoms with E-state index in [1.807, 2.05) is 12.1 Å². The van der Waals surface area contributed by atoms with Crippen molar-refractivity contribution in [2.75, 3.05) is 0 Å². The van der Waals surface area contributed by atoms with E-state index in [-0.39, 0.29) is 11.9 Å². The fourth-order valence-corrected chi connectivity index (χ4v) is 3.21. The Balaban J connectivity index is 1.78. The normalized spacial score (nSPS) is 20.1. The fourth-order valence-electron chi connectivity index (χ4n) is 3.08. The first kappa shape index (κ1) is 16.5. The quantitative estimate of drug-likeness (QED) is 0.890. The van der Waals surface area contributed by atoms with Gasteiger partial charge in [-0.1, -0.05) is 18.0 Å². The largest absolute Gasteiger partial charge is 0.481 e. The number of carboxylic acid groups (broad SMARTS) is 1. The van der Waals surface area contributed by atoms with Gasteiger partial charge in [-0.15, -0.1) is 0 Å². The maximum absolute atomic E-state index is 12.5. The van der Waals surface area contributed by atoms with Crippen molar-refractivity contribution in [2.24, 2.45) is 5.92 Å². The van der Waals surface area contributed by atoms with Crippen LogP contribution in [-0.4, -0.2) is 32.8 Å². The number of carboxylic acids is 1. The maximum atomic E-state index is 12.5. The number of amides is 1. The molecule has 0 saturated heterocycles. The highest BCUT2D eigenvalue weighted by Crippen LogP contribution is 2.26. The van der Waals surface area contributed by atoms with E-state index in [4.69, 9.17) is 11.6 Å². The third-order valence-corrected chi connectivity index (χ3v) is 4.64. The molecule has 1 heterocycles. The molecule has 126 valence electrons. The first-order valence-corrected chi connectivity index (χ1v) is 8.19. The van der Waals surface area contributed by atoms with E-state index in [9.17, 15) is 14.7 Å². The van der Waals surface area contributed by atoms with Gasteiger partial charge in [0.15, 0.2) is 0 Å². The molecular formula is C17H18ClN3O3. The van der Waals surface area contributed by atoms with Gasteiger partial charge >= 0.3 is 5.97 Å². The van der Waals surface area contributed by atoms with Crippen LogP contribution in [0.4, 0.5) is 0 Å². The van der Waals surface area contributed by atoms with Crippen molar-refractivity contribution in [2.45, 2.75) is 32.2 Å². The van der Waals surface area contributed by atoms with E-state index in [1.54, 1.807) is 29.9 Å². The van der Waals surface area contributed by atoms with E-state index in [0.717, 1.165) is 12.1 Å². The predicted molar refractivity (Wildman–Crippen MR) is 89.5 cm³/mol. The molecule has 1 saturated carbocycles. The third kappa shape index (κ3) is 3.28. The summed E-state index contributed by atoms with van der Waals surface area (Å²) in [4.78, 5) is 23.7. The highest BCUT2D eigenvalue weighted by atomic mass is 35.5. The summed E-state index contributed by atoms with van der Waals surface area (Å²) < 4.78 is 1.61. The summed E-state index contributed by atoms with van der Waals surface area (Å²) in [5, 5.41) is 17.0. The Hall–Kier alpha value is -2.34. The van der Waals surface area contributed by atoms with Crippen LogP contribution in [0, 0.1) is 12.8 Å². The number of nitrogens with one attached hydrogen (secondary N) is 1. The number of aromatic nitrogens is 2. The summed E-state index contributed by atoms with van der Waals surface area (Å²) in [6, 6.07) is 6.81. The van der Waals surface area contributed by atoms with Gasteiger partial charge in [0, 0.05) is 17.3 Å². The molecule has 7 heteroatoms. The van der Waals surface area contributed by atoms with Crippen molar-refractivity contribution in [1.82, 2.24) is 15.1 Å². The lowest BCUT2D eigenvalue weighted by atomic mass is 10.0. The Bertz CT molecular complexity index is 770. The molecule has 6 nitrogen and oxygen atoms in total. The van der Waals surface area contributed by atoms with Crippen LogP contribution in [0.2, 0.25) is 5.02 Å². The lowest BCUT2D eigenvalue weighted by Crippen LogP contribution is -2.40. The molecule has 24 heavy (non-hydrogen) atoms. The van der Waals surface area contributed by atoms with E-state index in [1.165, 1.54) is 0 Å². The molecular weight excluding hydrogens is 330 g/mol. The average molecular weight is 348 g/mol. The molecule has 0 bridgehead atoms. The van der Waals surface area contributed by atoms with E-state index >= 15 is 0 Å². The van der Waals surface area contributed by atoms with Crippen molar-refractivity contribution >= 4 is 23.5 Å². The number of carbonyl (C=O) groups excluding carboxylic acids is 1. The number of hydrogen-bond donors (Lipinski definition) is 2. The Morgan fingerprint density at radius 3 is 2.67 bits per heavy atom. The van der Waals surface area contributed by atoms with Crippen LogP contribution in [0.15, 0.2) is 30.5 Å². The summed E-state index contributed by atoms with van der Waals surface area (Å²) in [5.74, 6) is -1.65. The van der Waals surface area contributed by atoms with Gasteiger partial charge in [0.1, 0.15) is 0 Å². The maximum Gasteiger partial charge on any atom is 0.308 e. The molecule has 2 atom stereocenters. The number of hydrogen-bond acceptors (Lipinski definition) is 3. The summed E-state index contributed by atoms with van der Waals surface area (Å²) in [6.45, 7) is 1.75. The number of nitrogens with zero attached hydrogens (tertiary/aromatic N) is 2. The Morgan fingerprint density at radius 1 is 1.29 bits per heavy atom. The molecule has 2 N–H and O–H groups in total. The molecule has 1 fully saturated rings. The second-order valence-corrected chi connectivity index (χ2v) is 6.44. The smallest absolute Gasteiger partial charge is 0.308 e. The van der Waals surface area contributed by atoms with Crippen LogP contribution in [0.1, 0.15) is 35.3 Å². The molecule has 3 rings (SSSR count). The number of halogens is 1. The molecule has 0 radical (unpaired) electrons. The number of carbonyl (C=O) groups is 2. The van der Waals surface area contributed by atoms with Crippen molar-refractivity contribution in [1.29, 1.82) is 0 Å². The SMILES string of the molecule is Cc1nn(-c2ccc(Cl)cc2)cc1C(=O)N[C@@H]1CCC[C@H]1C(=O)O. The van der Waals surface area contributed by atoms with Gasteiger partial charge in [0.05, 0.1) is 22.9 Å². The van der Waals surface area contributed by atoms with Crippen LogP contribution in [-0.2, 0) is 4.79 Å². The topological polar surface area (TPSA) is 84.2 Å². The van der Waals surface area contributed by atoms with Gasteiger partial charge in [-0.2, -0.15) is 5.10 Å². The highest BCUT2D eigenvalue weighted by molar-refractivity contribution is 6.30. The van der Waals surface area contributed by atoms with Crippen molar-refractivity contribution in [3.8, 4) is 5.69 Å². The van der Waals surface area contributed by atoms with Gasteiger partial charge in [0.25, 0.3) is 5.91 Å². The molecule has 1 aliphatic rings. The molecule has 1 aromatic heterocycles. The molecule has 0 unspecified atom stereocenters. The van der Waals surface area contributed by atoms with Crippen molar-refractivity contribution < 1.29 is 14.7 Å². The summed E-state index contributed by atoms with van der Waals surface area (Å²) in [7, 11) is 0. The molecule has 1 aromatic carbocycles. The molecule has 1 aliphatic carbocycles. The average Bonchev–Trinajstić information content (AvgIpc) is 3.14. The van der Waals surface area contributed by atoms with E-state index in [2.05, 4.69) is 10.4 Å². The third-order valence-electron chi connectivity index (χ3n) is 4.38. The van der Waals surface area contributed by atoms with Crippen molar-refractivity contribution in [3.63, 3.8) is 0 Å². The van der Waals surface area contributed by atoms with Crippen LogP contribution in [0.3, 0.4) is 0 Å². The standard InChI is InChI=1S/C17H18ClN3O3/c1-10-14(9-21(20-10)12-7-5-11(18)6-8-12)16(22)19-15-4-2-3-13(15)17(23)24/h5-9,13,15H,2-4H2,1H3,(H,19,22)(H,23,24)/t13-,15-/m1/s1. The van der Waals surface area contributed by atoms with E-state index in [0.29, 0.717) is 29.1 Å². The fraction of sp³-hybridized carbons (Fsp3) is 0.353. The van der Waals surface area contributed by atoms with Crippen LogP contribution in [0.5, 0.6) is 0 Å².